The second-order valence-electron chi connectivity index (χ2n) is 2.23. The highest BCUT2D eigenvalue weighted by Crippen LogP contribution is 1.86. The maximum Gasteiger partial charge on any atom is 0.243 e. The van der Waals surface area contributed by atoms with Crippen LogP contribution in [0.2, 0.25) is 0 Å². The highest BCUT2D eigenvalue weighted by atomic mass is 79.9. The summed E-state index contributed by atoms with van der Waals surface area (Å²) in [5.74, 6) is 0. The molecule has 1 aromatic heterocycles. The van der Waals surface area contributed by atoms with E-state index >= 15 is 0 Å². The fourth-order valence-electron chi connectivity index (χ4n) is 0.813. The molecule has 0 atom stereocenters. The number of hydrogen-bond donors (Lipinski definition) is 0. The molecule has 0 saturated carbocycles. The van der Waals surface area contributed by atoms with Gasteiger partial charge in [0.2, 0.25) is 6.33 Å². The molecule has 1 heterocycles. The fourth-order valence-corrected chi connectivity index (χ4v) is 0.813. The van der Waals surface area contributed by atoms with Gasteiger partial charge < -0.3 is 17.0 Å². The van der Waals surface area contributed by atoms with E-state index in [0.29, 0.717) is 6.42 Å². The van der Waals surface area contributed by atoms with Crippen molar-refractivity contribution in [3.63, 3.8) is 0 Å². The zero-order valence-electron chi connectivity index (χ0n) is 6.37. The number of hydrogen-bond acceptors (Lipinski definition) is 1. The quantitative estimate of drug-likeness (QED) is 0.492. The maximum atomic E-state index is 8.26. The zero-order valence-corrected chi connectivity index (χ0v) is 7.95. The first-order chi connectivity index (χ1) is 4.83. The smallest absolute Gasteiger partial charge is 0.243 e. The summed E-state index contributed by atoms with van der Waals surface area (Å²) in [6.07, 6.45) is 6.45. The Bertz CT molecular complexity index is 248. The normalized spacial score (nSPS) is 8.36. The molecule has 1 aromatic rings. The van der Waals surface area contributed by atoms with Crippen molar-refractivity contribution in [2.45, 2.75) is 13.0 Å². The maximum absolute atomic E-state index is 8.26. The van der Waals surface area contributed by atoms with E-state index in [1.54, 1.807) is 0 Å². The molecule has 1 rings (SSSR count). The molecule has 0 radical (unpaired) electrons. The monoisotopic (exact) mass is 215 g/mol. The lowest BCUT2D eigenvalue weighted by Crippen LogP contribution is -3.00. The van der Waals surface area contributed by atoms with Crippen LogP contribution >= 0.6 is 0 Å². The Labute approximate surface area is 76.6 Å². The minimum absolute atomic E-state index is 0. The Hall–Kier alpha value is -0.820. The van der Waals surface area contributed by atoms with Crippen molar-refractivity contribution >= 4 is 0 Å². The molecule has 60 valence electrons. The van der Waals surface area contributed by atoms with Crippen LogP contribution < -0.4 is 21.5 Å². The molecule has 0 fully saturated rings. The number of halogens is 1. The molecule has 4 heteroatoms. The lowest BCUT2D eigenvalue weighted by molar-refractivity contribution is -0.671. The van der Waals surface area contributed by atoms with Gasteiger partial charge in [-0.1, -0.05) is 0 Å². The van der Waals surface area contributed by atoms with E-state index in [1.165, 1.54) is 0 Å². The Morgan fingerprint density at radius 1 is 1.64 bits per heavy atom. The minimum atomic E-state index is 0. The second-order valence-corrected chi connectivity index (χ2v) is 2.23. The van der Waals surface area contributed by atoms with E-state index in [4.69, 9.17) is 5.26 Å². The van der Waals surface area contributed by atoms with E-state index < -0.39 is 0 Å². The third-order valence-electron chi connectivity index (χ3n) is 1.31. The van der Waals surface area contributed by atoms with Crippen molar-refractivity contribution < 1.29 is 21.5 Å². The van der Waals surface area contributed by atoms with Gasteiger partial charge in [0.15, 0.2) is 0 Å². The molecule has 0 aromatic carbocycles. The molecule has 0 aliphatic carbocycles. The summed E-state index contributed by atoms with van der Waals surface area (Å²) in [5, 5.41) is 8.26. The molecule has 0 aliphatic heterocycles. The number of nitrogens with zero attached hydrogens (tertiary/aromatic N) is 3. The molecule has 3 nitrogen and oxygen atoms in total. The minimum Gasteiger partial charge on any atom is -1.00 e. The van der Waals surface area contributed by atoms with Crippen molar-refractivity contribution in [2.24, 2.45) is 7.05 Å². The Morgan fingerprint density at radius 3 is 2.82 bits per heavy atom. The van der Waals surface area contributed by atoms with Gasteiger partial charge in [0.05, 0.1) is 19.5 Å². The summed E-state index contributed by atoms with van der Waals surface area (Å²) in [4.78, 5) is 0. The predicted octanol–water partition coefficient (Wildman–Crippen LogP) is -2.77. The summed E-state index contributed by atoms with van der Waals surface area (Å²) >= 11 is 0. The number of imidazole rings is 1. The largest absolute Gasteiger partial charge is 1.00 e. The van der Waals surface area contributed by atoms with E-state index in [9.17, 15) is 0 Å². The highest BCUT2D eigenvalue weighted by molar-refractivity contribution is 4.72. The Kier molecular flexibility index (Phi) is 4.55. The Balaban J connectivity index is 0.000001000. The standard InChI is InChI=1S/C7H10N3.BrH/c1-9-5-6-10(7-9)4-2-3-8;/h5-7H,2,4H2,1H3;1H/q+1;/p-1. The summed E-state index contributed by atoms with van der Waals surface area (Å²) in [6, 6.07) is 2.10. The lowest BCUT2D eigenvalue weighted by Gasteiger charge is -1.85. The molecule has 0 N–H and O–H groups in total. The fraction of sp³-hybridized carbons (Fsp3) is 0.429. The van der Waals surface area contributed by atoms with Crippen LogP contribution in [-0.4, -0.2) is 4.57 Å². The first-order valence-corrected chi connectivity index (χ1v) is 3.21. The number of rotatable bonds is 2. The zero-order chi connectivity index (χ0) is 7.40. The van der Waals surface area contributed by atoms with Crippen LogP contribution in [0, 0.1) is 11.3 Å². The van der Waals surface area contributed by atoms with E-state index in [0.717, 1.165) is 6.54 Å². The van der Waals surface area contributed by atoms with Gasteiger partial charge in [-0.25, -0.2) is 9.13 Å². The lowest BCUT2D eigenvalue weighted by atomic mass is 10.5. The number of aromatic nitrogens is 2. The molecule has 0 spiro atoms. The molecule has 11 heavy (non-hydrogen) atoms. The van der Waals surface area contributed by atoms with Crippen molar-refractivity contribution in [2.75, 3.05) is 0 Å². The summed E-state index contributed by atoms with van der Waals surface area (Å²) in [7, 11) is 1.96. The summed E-state index contributed by atoms with van der Waals surface area (Å²) in [5.41, 5.74) is 0. The van der Waals surface area contributed by atoms with Crippen molar-refractivity contribution in [3.05, 3.63) is 18.7 Å². The average Bonchev–Trinajstić information content (AvgIpc) is 2.31. The van der Waals surface area contributed by atoms with Gasteiger partial charge in [-0.2, -0.15) is 5.26 Å². The van der Waals surface area contributed by atoms with Crippen molar-refractivity contribution in [1.29, 1.82) is 5.26 Å². The molecule has 0 aliphatic rings. The van der Waals surface area contributed by atoms with Gasteiger partial charge in [0.1, 0.15) is 18.9 Å². The molecular weight excluding hydrogens is 206 g/mol. The Morgan fingerprint density at radius 2 is 2.36 bits per heavy atom. The van der Waals surface area contributed by atoms with E-state index in [-0.39, 0.29) is 17.0 Å². The van der Waals surface area contributed by atoms with Crippen LogP contribution in [0.4, 0.5) is 0 Å². The first kappa shape index (κ1) is 10.2. The van der Waals surface area contributed by atoms with Crippen LogP contribution in [-0.2, 0) is 13.6 Å². The van der Waals surface area contributed by atoms with E-state index in [1.807, 2.05) is 34.9 Å². The van der Waals surface area contributed by atoms with Gasteiger partial charge in [0.25, 0.3) is 0 Å². The van der Waals surface area contributed by atoms with Gasteiger partial charge in [-0.15, -0.1) is 0 Å². The SMILES string of the molecule is C[n+]1ccn(CCC#N)c1.[Br-]. The van der Waals surface area contributed by atoms with Gasteiger partial charge in [0, 0.05) is 0 Å². The molecule has 0 bridgehead atoms. The third kappa shape index (κ3) is 3.19. The number of aryl methyl sites for hydroxylation is 2. The van der Waals surface area contributed by atoms with Gasteiger partial charge >= 0.3 is 0 Å². The van der Waals surface area contributed by atoms with Crippen LogP contribution in [0.3, 0.4) is 0 Å². The van der Waals surface area contributed by atoms with Crippen molar-refractivity contribution in [3.8, 4) is 6.07 Å². The molecule has 0 saturated heterocycles. The predicted molar refractivity (Wildman–Crippen MR) is 35.8 cm³/mol. The topological polar surface area (TPSA) is 32.6 Å². The van der Waals surface area contributed by atoms with Crippen LogP contribution in [0.1, 0.15) is 6.42 Å². The average molecular weight is 216 g/mol. The summed E-state index contributed by atoms with van der Waals surface area (Å²) in [6.45, 7) is 0.789. The molecule has 0 unspecified atom stereocenters. The van der Waals surface area contributed by atoms with Crippen LogP contribution in [0.5, 0.6) is 0 Å². The first-order valence-electron chi connectivity index (χ1n) is 3.21. The highest BCUT2D eigenvalue weighted by Gasteiger charge is 1.96. The van der Waals surface area contributed by atoms with E-state index in [2.05, 4.69) is 6.07 Å². The number of nitriles is 1. The third-order valence-corrected chi connectivity index (χ3v) is 1.31. The molecular formula is C7H10BrN3. The molecule has 0 amide bonds. The van der Waals surface area contributed by atoms with Gasteiger partial charge in [-0.05, 0) is 0 Å². The van der Waals surface area contributed by atoms with Crippen LogP contribution in [0.25, 0.3) is 0 Å². The second kappa shape index (κ2) is 4.91. The van der Waals surface area contributed by atoms with Gasteiger partial charge in [-0.3, -0.25) is 0 Å². The summed E-state index contributed by atoms with van der Waals surface area (Å²) < 4.78 is 3.95. The van der Waals surface area contributed by atoms with Crippen molar-refractivity contribution in [1.82, 2.24) is 4.57 Å². The van der Waals surface area contributed by atoms with Crippen LogP contribution in [0.15, 0.2) is 18.7 Å².